The molecular formula is C59H35F3N2O. The highest BCUT2D eigenvalue weighted by molar-refractivity contribution is 6.19. The maximum absolute atomic E-state index is 14.6. The number of para-hydroxylation sites is 5. The zero-order valence-electron chi connectivity index (χ0n) is 34.9. The van der Waals surface area contributed by atoms with E-state index in [1.807, 2.05) is 18.2 Å². The van der Waals surface area contributed by atoms with Gasteiger partial charge in [-0.15, -0.1) is 0 Å². The Labute approximate surface area is 370 Å². The Morgan fingerprint density at radius 3 is 1.94 bits per heavy atom. The summed E-state index contributed by atoms with van der Waals surface area (Å²) >= 11 is 0. The molecule has 1 spiro atoms. The lowest BCUT2D eigenvalue weighted by Gasteiger charge is -2.40. The number of hydrogen-bond acceptors (Lipinski definition) is 2. The summed E-state index contributed by atoms with van der Waals surface area (Å²) < 4.78 is 52.8. The highest BCUT2D eigenvalue weighted by Gasteiger charge is 2.52. The van der Waals surface area contributed by atoms with Crippen LogP contribution in [0.5, 0.6) is 0 Å². The van der Waals surface area contributed by atoms with Crippen LogP contribution in [-0.4, -0.2) is 4.57 Å². The van der Waals surface area contributed by atoms with Crippen LogP contribution in [0.15, 0.2) is 199 Å². The number of benzene rings is 10. The lowest BCUT2D eigenvalue weighted by molar-refractivity contribution is -0.136. The SMILES string of the molecule is Cc1ccc(N(c2cc3c(c4ccccc24)-c2c(ccc4ccccc24)C32c3ccccc3-n3c4ccccc4c4cccc2c43)c2cccc3c2oc2c(C(F)(F)F)cccc23)cc1. The maximum Gasteiger partial charge on any atom is 0.420 e. The number of furan rings is 1. The Kier molecular flexibility index (Phi) is 7.15. The molecule has 6 heteroatoms. The lowest BCUT2D eigenvalue weighted by Crippen LogP contribution is -2.33. The molecule has 3 heterocycles. The van der Waals surface area contributed by atoms with E-state index in [2.05, 4.69) is 174 Å². The quantitative estimate of drug-likeness (QED) is 0.177. The monoisotopic (exact) mass is 844 g/mol. The molecule has 0 bridgehead atoms. The number of fused-ring (bicyclic) bond motifs is 19. The van der Waals surface area contributed by atoms with Crippen LogP contribution in [0.1, 0.15) is 33.4 Å². The molecule has 10 aromatic carbocycles. The van der Waals surface area contributed by atoms with Gasteiger partial charge in [0.2, 0.25) is 0 Å². The minimum absolute atomic E-state index is 0.173. The maximum atomic E-state index is 14.6. The predicted molar refractivity (Wildman–Crippen MR) is 258 cm³/mol. The normalized spacial score (nSPS) is 15.1. The summed E-state index contributed by atoms with van der Waals surface area (Å²) in [5.74, 6) is 0. The first-order chi connectivity index (χ1) is 31.8. The molecule has 0 fully saturated rings. The molecule has 0 saturated carbocycles. The molecule has 0 amide bonds. The lowest BCUT2D eigenvalue weighted by atomic mass is 9.65. The van der Waals surface area contributed by atoms with Gasteiger partial charge < -0.3 is 13.9 Å². The average Bonchev–Trinajstić information content (AvgIpc) is 3.99. The van der Waals surface area contributed by atoms with Crippen LogP contribution < -0.4 is 4.90 Å². The fraction of sp³-hybridized carbons (Fsp3) is 0.0508. The largest absolute Gasteiger partial charge is 0.453 e. The zero-order chi connectivity index (χ0) is 43.3. The molecule has 3 nitrogen and oxygen atoms in total. The topological polar surface area (TPSA) is 21.3 Å². The molecule has 2 aliphatic rings. The van der Waals surface area contributed by atoms with Crippen LogP contribution in [0.2, 0.25) is 0 Å². The number of hydrogen-bond donors (Lipinski definition) is 0. The summed E-state index contributed by atoms with van der Waals surface area (Å²) in [7, 11) is 0. The van der Waals surface area contributed by atoms with Crippen molar-refractivity contribution in [2.45, 2.75) is 18.5 Å². The summed E-state index contributed by atoms with van der Waals surface area (Å²) in [4.78, 5) is 2.20. The van der Waals surface area contributed by atoms with Crippen molar-refractivity contribution in [3.05, 3.63) is 228 Å². The summed E-state index contributed by atoms with van der Waals surface area (Å²) in [6.07, 6.45) is -4.60. The van der Waals surface area contributed by atoms with E-state index in [0.717, 1.165) is 55.9 Å². The van der Waals surface area contributed by atoms with Crippen molar-refractivity contribution in [2.24, 2.45) is 0 Å². The van der Waals surface area contributed by atoms with Crippen LogP contribution in [0.25, 0.3) is 82.1 Å². The molecule has 2 aromatic heterocycles. The van der Waals surface area contributed by atoms with E-state index >= 15 is 0 Å². The van der Waals surface area contributed by atoms with Gasteiger partial charge in [0.1, 0.15) is 5.58 Å². The Bertz CT molecular complexity index is 4030. The van der Waals surface area contributed by atoms with Gasteiger partial charge >= 0.3 is 6.18 Å². The Hall–Kier alpha value is -8.09. The fourth-order valence-corrected chi connectivity index (χ4v) is 11.7. The van der Waals surface area contributed by atoms with Gasteiger partial charge in [-0.3, -0.25) is 0 Å². The number of nitrogens with zero attached hydrogens (tertiary/aromatic N) is 2. The van der Waals surface area contributed by atoms with Gasteiger partial charge in [-0.1, -0.05) is 157 Å². The van der Waals surface area contributed by atoms with Gasteiger partial charge in [-0.2, -0.15) is 13.2 Å². The summed E-state index contributed by atoms with van der Waals surface area (Å²) in [5.41, 5.74) is 12.7. The molecule has 0 N–H and O–H groups in total. The first kappa shape index (κ1) is 36.4. The second-order valence-electron chi connectivity index (χ2n) is 17.5. The number of aryl methyl sites for hydroxylation is 1. The minimum Gasteiger partial charge on any atom is -0.453 e. The molecule has 1 atom stereocenters. The summed E-state index contributed by atoms with van der Waals surface area (Å²) in [6, 6.07) is 67.0. The number of aromatic nitrogens is 1. The highest BCUT2D eigenvalue weighted by atomic mass is 19.4. The molecule has 1 aliphatic carbocycles. The van der Waals surface area contributed by atoms with E-state index in [1.165, 1.54) is 55.6 Å². The molecule has 0 saturated heterocycles. The average molecular weight is 845 g/mol. The van der Waals surface area contributed by atoms with Gasteiger partial charge in [0.15, 0.2) is 5.58 Å². The second kappa shape index (κ2) is 12.8. The number of rotatable bonds is 3. The van der Waals surface area contributed by atoms with E-state index in [-0.39, 0.29) is 5.58 Å². The van der Waals surface area contributed by atoms with Gasteiger partial charge in [-0.05, 0) is 98.9 Å². The van der Waals surface area contributed by atoms with Gasteiger partial charge in [-0.25, -0.2) is 0 Å². The van der Waals surface area contributed by atoms with Crippen LogP contribution >= 0.6 is 0 Å². The fourth-order valence-electron chi connectivity index (χ4n) is 11.7. The predicted octanol–water partition coefficient (Wildman–Crippen LogP) is 16.5. The van der Waals surface area contributed by atoms with Gasteiger partial charge in [0.25, 0.3) is 0 Å². The third-order valence-corrected chi connectivity index (χ3v) is 14.2. The highest BCUT2D eigenvalue weighted by Crippen LogP contribution is 2.64. The third-order valence-electron chi connectivity index (χ3n) is 14.2. The smallest absolute Gasteiger partial charge is 0.420 e. The van der Waals surface area contributed by atoms with Crippen LogP contribution in [-0.2, 0) is 11.6 Å². The Morgan fingerprint density at radius 2 is 1.11 bits per heavy atom. The van der Waals surface area contributed by atoms with Crippen LogP contribution in [0, 0.1) is 6.92 Å². The van der Waals surface area contributed by atoms with Crippen molar-refractivity contribution in [3.8, 4) is 16.8 Å². The van der Waals surface area contributed by atoms with Crippen molar-refractivity contribution < 1.29 is 17.6 Å². The molecular weight excluding hydrogens is 810 g/mol. The first-order valence-electron chi connectivity index (χ1n) is 21.9. The van der Waals surface area contributed by atoms with Crippen LogP contribution in [0.3, 0.4) is 0 Å². The summed E-state index contributed by atoms with van der Waals surface area (Å²) in [5, 5.41) is 7.85. The Balaban J connectivity index is 1.18. The molecule has 308 valence electrons. The van der Waals surface area contributed by atoms with Crippen molar-refractivity contribution >= 4 is 82.4 Å². The molecule has 12 aromatic rings. The van der Waals surface area contributed by atoms with E-state index < -0.39 is 17.2 Å². The zero-order valence-corrected chi connectivity index (χ0v) is 34.9. The standard InChI is InChI=1S/C59H35F3N2O/c1-34-27-30-36(31-28-34)63(51-26-12-20-43-42-19-11-23-47(59(60,61)62)56(42)65-57(43)51)52-33-48-54(40-17-5-4-15-38(40)52)53-37-14-3-2-13-35(37)29-32-45(53)58(48)44-21-7-9-25-50(44)64-49-24-8-6-16-39(49)41-18-10-22-46(58)55(41)64/h2-33H,1H3. The first-order valence-corrected chi connectivity index (χ1v) is 21.9. The van der Waals surface area contributed by atoms with Crippen molar-refractivity contribution in [1.29, 1.82) is 0 Å². The number of anilines is 3. The molecule has 0 radical (unpaired) electrons. The van der Waals surface area contributed by atoms with Crippen molar-refractivity contribution in [1.82, 2.24) is 4.57 Å². The second-order valence-corrected chi connectivity index (χ2v) is 17.5. The molecule has 1 unspecified atom stereocenters. The number of halogens is 3. The van der Waals surface area contributed by atoms with Crippen molar-refractivity contribution in [2.75, 3.05) is 4.90 Å². The Morgan fingerprint density at radius 1 is 0.477 bits per heavy atom. The minimum atomic E-state index is -4.60. The van der Waals surface area contributed by atoms with Gasteiger partial charge in [0, 0.05) is 32.6 Å². The van der Waals surface area contributed by atoms with Gasteiger partial charge in [0.05, 0.1) is 39.1 Å². The van der Waals surface area contributed by atoms with Crippen molar-refractivity contribution in [3.63, 3.8) is 0 Å². The van der Waals surface area contributed by atoms with E-state index in [0.29, 0.717) is 22.0 Å². The molecule has 14 rings (SSSR count). The van der Waals surface area contributed by atoms with E-state index in [1.54, 1.807) is 6.07 Å². The molecule has 1 aliphatic heterocycles. The number of alkyl halides is 3. The van der Waals surface area contributed by atoms with Crippen LogP contribution in [0.4, 0.5) is 30.2 Å². The summed E-state index contributed by atoms with van der Waals surface area (Å²) in [6.45, 7) is 2.06. The molecule has 65 heavy (non-hydrogen) atoms. The third kappa shape index (κ3) is 4.65. The van der Waals surface area contributed by atoms with E-state index in [9.17, 15) is 13.2 Å². The van der Waals surface area contributed by atoms with E-state index in [4.69, 9.17) is 4.42 Å².